The number of anilines is 3. The molecule has 1 N–H and O–H groups in total. The molecule has 0 amide bonds. The average Bonchev–Trinajstić information content (AvgIpc) is 2.69. The molecule has 0 saturated carbocycles. The van der Waals surface area contributed by atoms with Gasteiger partial charge in [-0.3, -0.25) is 0 Å². The molecule has 2 aromatic rings. The SMILES string of the molecule is CCCCNc1cnnc(N2CCN(c3ccc(OC)cc3)CC2)n1. The summed E-state index contributed by atoms with van der Waals surface area (Å²) in [4.78, 5) is 9.16. The highest BCUT2D eigenvalue weighted by Gasteiger charge is 2.20. The molecule has 2 heterocycles. The minimum atomic E-state index is 0.705. The van der Waals surface area contributed by atoms with Crippen LogP contribution in [0.2, 0.25) is 0 Å². The Bertz CT molecular complexity index is 655. The summed E-state index contributed by atoms with van der Waals surface area (Å²) in [5, 5.41) is 11.6. The topological polar surface area (TPSA) is 66.4 Å². The Kier molecular flexibility index (Phi) is 5.87. The summed E-state index contributed by atoms with van der Waals surface area (Å²) in [6.07, 6.45) is 3.97. The first kappa shape index (κ1) is 17.3. The second-order valence-electron chi connectivity index (χ2n) is 6.09. The van der Waals surface area contributed by atoms with E-state index in [4.69, 9.17) is 4.74 Å². The van der Waals surface area contributed by atoms with Crippen molar-refractivity contribution in [3.63, 3.8) is 0 Å². The number of benzene rings is 1. The van der Waals surface area contributed by atoms with Gasteiger partial charge in [0.2, 0.25) is 5.95 Å². The van der Waals surface area contributed by atoms with E-state index in [1.54, 1.807) is 13.3 Å². The molecule has 0 spiro atoms. The van der Waals surface area contributed by atoms with Gasteiger partial charge in [0.25, 0.3) is 0 Å². The summed E-state index contributed by atoms with van der Waals surface area (Å²) < 4.78 is 5.22. The van der Waals surface area contributed by atoms with Crippen molar-refractivity contribution in [3.8, 4) is 5.75 Å². The summed E-state index contributed by atoms with van der Waals surface area (Å²) >= 11 is 0. The molecular weight excluding hydrogens is 316 g/mol. The van der Waals surface area contributed by atoms with Crippen molar-refractivity contribution in [2.75, 3.05) is 55.0 Å². The maximum absolute atomic E-state index is 5.22. The van der Waals surface area contributed by atoms with Gasteiger partial charge in [-0.25, -0.2) is 0 Å². The summed E-state index contributed by atoms with van der Waals surface area (Å²) in [5.74, 6) is 2.39. The van der Waals surface area contributed by atoms with Gasteiger partial charge in [0.15, 0.2) is 5.82 Å². The van der Waals surface area contributed by atoms with Crippen LogP contribution in [-0.4, -0.2) is 55.0 Å². The lowest BCUT2D eigenvalue weighted by Gasteiger charge is -2.36. The fourth-order valence-corrected chi connectivity index (χ4v) is 2.86. The van der Waals surface area contributed by atoms with Crippen LogP contribution in [0.5, 0.6) is 5.75 Å². The number of rotatable bonds is 7. The Hall–Kier alpha value is -2.57. The number of nitrogens with one attached hydrogen (secondary N) is 1. The molecule has 134 valence electrons. The van der Waals surface area contributed by atoms with E-state index in [-0.39, 0.29) is 0 Å². The van der Waals surface area contributed by atoms with Gasteiger partial charge in [0.05, 0.1) is 13.3 Å². The van der Waals surface area contributed by atoms with E-state index in [1.807, 2.05) is 12.1 Å². The molecule has 0 bridgehead atoms. The third kappa shape index (κ3) is 4.49. The van der Waals surface area contributed by atoms with Gasteiger partial charge in [-0.2, -0.15) is 10.1 Å². The van der Waals surface area contributed by atoms with Gasteiger partial charge in [-0.15, -0.1) is 5.10 Å². The smallest absolute Gasteiger partial charge is 0.247 e. The zero-order chi connectivity index (χ0) is 17.5. The lowest BCUT2D eigenvalue weighted by molar-refractivity contribution is 0.415. The fourth-order valence-electron chi connectivity index (χ4n) is 2.86. The van der Waals surface area contributed by atoms with E-state index >= 15 is 0 Å². The van der Waals surface area contributed by atoms with Crippen molar-refractivity contribution in [3.05, 3.63) is 30.5 Å². The molecule has 7 heteroatoms. The van der Waals surface area contributed by atoms with Crippen LogP contribution in [0.4, 0.5) is 17.5 Å². The summed E-state index contributed by atoms with van der Waals surface area (Å²) in [6, 6.07) is 8.20. The van der Waals surface area contributed by atoms with E-state index in [1.165, 1.54) is 5.69 Å². The number of hydrogen-bond donors (Lipinski definition) is 1. The van der Waals surface area contributed by atoms with E-state index < -0.39 is 0 Å². The van der Waals surface area contributed by atoms with Crippen LogP contribution in [-0.2, 0) is 0 Å². The maximum atomic E-state index is 5.22. The molecule has 1 aromatic carbocycles. The molecule has 1 saturated heterocycles. The standard InChI is InChI=1S/C18H26N6O/c1-3-4-9-19-17-14-20-22-18(21-17)24-12-10-23(11-13-24)15-5-7-16(25-2)8-6-15/h5-8,14H,3-4,9-13H2,1-2H3,(H,19,21,22). The molecule has 7 nitrogen and oxygen atoms in total. The van der Waals surface area contributed by atoms with E-state index in [2.05, 4.69) is 49.4 Å². The van der Waals surface area contributed by atoms with Crippen LogP contribution in [0.1, 0.15) is 19.8 Å². The van der Waals surface area contributed by atoms with Crippen molar-refractivity contribution in [2.24, 2.45) is 0 Å². The monoisotopic (exact) mass is 342 g/mol. The van der Waals surface area contributed by atoms with Gasteiger partial charge < -0.3 is 19.9 Å². The summed E-state index contributed by atoms with van der Waals surface area (Å²) in [7, 11) is 1.69. The number of nitrogens with zero attached hydrogens (tertiary/aromatic N) is 5. The molecule has 0 radical (unpaired) electrons. The van der Waals surface area contributed by atoms with Crippen molar-refractivity contribution in [1.82, 2.24) is 15.2 Å². The molecule has 1 aromatic heterocycles. The lowest BCUT2D eigenvalue weighted by atomic mass is 10.2. The van der Waals surface area contributed by atoms with E-state index in [0.717, 1.165) is 57.1 Å². The third-order valence-corrected chi connectivity index (χ3v) is 4.38. The summed E-state index contributed by atoms with van der Waals surface area (Å²) in [6.45, 7) is 6.72. The molecule has 0 atom stereocenters. The lowest BCUT2D eigenvalue weighted by Crippen LogP contribution is -2.47. The van der Waals surface area contributed by atoms with Gasteiger partial charge in [0, 0.05) is 38.4 Å². The molecule has 0 unspecified atom stereocenters. The van der Waals surface area contributed by atoms with E-state index in [0.29, 0.717) is 5.95 Å². The zero-order valence-electron chi connectivity index (χ0n) is 15.0. The van der Waals surface area contributed by atoms with Crippen molar-refractivity contribution < 1.29 is 4.74 Å². The molecular formula is C18H26N6O. The summed E-state index contributed by atoms with van der Waals surface area (Å²) in [5.41, 5.74) is 1.22. The van der Waals surface area contributed by atoms with Gasteiger partial charge in [-0.05, 0) is 30.7 Å². The maximum Gasteiger partial charge on any atom is 0.247 e. The second kappa shape index (κ2) is 8.50. The Labute approximate surface area is 149 Å². The molecule has 1 aliphatic rings. The number of methoxy groups -OCH3 is 1. The average molecular weight is 342 g/mol. The first-order valence-electron chi connectivity index (χ1n) is 8.87. The Balaban J connectivity index is 1.57. The van der Waals surface area contributed by atoms with Crippen LogP contribution in [0, 0.1) is 0 Å². The quantitative estimate of drug-likeness (QED) is 0.775. The third-order valence-electron chi connectivity index (χ3n) is 4.38. The van der Waals surface area contributed by atoms with E-state index in [9.17, 15) is 0 Å². The Morgan fingerprint density at radius 2 is 1.80 bits per heavy atom. The number of unbranched alkanes of at least 4 members (excludes halogenated alkanes) is 1. The highest BCUT2D eigenvalue weighted by Crippen LogP contribution is 2.21. The van der Waals surface area contributed by atoms with Gasteiger partial charge >= 0.3 is 0 Å². The molecule has 3 rings (SSSR count). The molecule has 1 fully saturated rings. The minimum absolute atomic E-state index is 0.705. The molecule has 1 aliphatic heterocycles. The van der Waals surface area contributed by atoms with Crippen LogP contribution in [0.25, 0.3) is 0 Å². The van der Waals surface area contributed by atoms with Crippen LogP contribution in [0.3, 0.4) is 0 Å². The highest BCUT2D eigenvalue weighted by molar-refractivity contribution is 5.51. The first-order valence-corrected chi connectivity index (χ1v) is 8.87. The normalized spacial score (nSPS) is 14.5. The van der Waals surface area contributed by atoms with Crippen molar-refractivity contribution >= 4 is 17.5 Å². The number of ether oxygens (including phenoxy) is 1. The molecule has 25 heavy (non-hydrogen) atoms. The predicted molar refractivity (Wildman–Crippen MR) is 101 cm³/mol. The highest BCUT2D eigenvalue weighted by atomic mass is 16.5. The number of aromatic nitrogens is 3. The predicted octanol–water partition coefficient (Wildman–Crippen LogP) is 2.42. The largest absolute Gasteiger partial charge is 0.497 e. The second-order valence-corrected chi connectivity index (χ2v) is 6.09. The first-order chi connectivity index (χ1) is 12.3. The van der Waals surface area contributed by atoms with Crippen LogP contribution >= 0.6 is 0 Å². The van der Waals surface area contributed by atoms with Crippen molar-refractivity contribution in [2.45, 2.75) is 19.8 Å². The number of hydrogen-bond acceptors (Lipinski definition) is 7. The Morgan fingerprint density at radius 1 is 1.08 bits per heavy atom. The van der Waals surface area contributed by atoms with Crippen molar-refractivity contribution in [1.29, 1.82) is 0 Å². The fraction of sp³-hybridized carbons (Fsp3) is 0.500. The van der Waals surface area contributed by atoms with Crippen LogP contribution < -0.4 is 19.9 Å². The molecule has 0 aliphatic carbocycles. The van der Waals surface area contributed by atoms with Crippen LogP contribution in [0.15, 0.2) is 30.5 Å². The van der Waals surface area contributed by atoms with Gasteiger partial charge in [-0.1, -0.05) is 13.3 Å². The number of piperazine rings is 1. The minimum Gasteiger partial charge on any atom is -0.497 e. The zero-order valence-corrected chi connectivity index (χ0v) is 15.0. The van der Waals surface area contributed by atoms with Gasteiger partial charge in [0.1, 0.15) is 5.75 Å². The Morgan fingerprint density at radius 3 is 2.48 bits per heavy atom.